The molecule has 0 aliphatic carbocycles. The van der Waals surface area contributed by atoms with Crippen molar-refractivity contribution in [2.75, 3.05) is 17.3 Å². The van der Waals surface area contributed by atoms with Crippen LogP contribution in [0.1, 0.15) is 25.8 Å². The molecule has 1 aliphatic rings. The van der Waals surface area contributed by atoms with Crippen molar-refractivity contribution in [3.63, 3.8) is 0 Å². The highest BCUT2D eigenvalue weighted by atomic mass is 16.2. The molecule has 1 aromatic rings. The first kappa shape index (κ1) is 11.6. The lowest BCUT2D eigenvalue weighted by Gasteiger charge is -2.37. The summed E-state index contributed by atoms with van der Waals surface area (Å²) in [5, 5.41) is 2.64. The van der Waals surface area contributed by atoms with Gasteiger partial charge in [-0.1, -0.05) is 13.8 Å². The maximum Gasteiger partial charge on any atom is 0.227 e. The van der Waals surface area contributed by atoms with Gasteiger partial charge in [-0.2, -0.15) is 0 Å². The molecule has 1 aliphatic heterocycles. The highest BCUT2D eigenvalue weighted by molar-refractivity contribution is 5.97. The number of fused-ring (bicyclic) bond motifs is 1. The van der Waals surface area contributed by atoms with Gasteiger partial charge in [-0.3, -0.25) is 9.59 Å². The molecule has 90 valence electrons. The van der Waals surface area contributed by atoms with Crippen LogP contribution in [0.3, 0.4) is 0 Å². The number of hydrogen-bond donors (Lipinski definition) is 1. The van der Waals surface area contributed by atoms with Crippen molar-refractivity contribution in [1.29, 1.82) is 0 Å². The molecule has 0 saturated heterocycles. The maximum atomic E-state index is 11.8. The zero-order chi connectivity index (χ0) is 12.6. The second-order valence-electron chi connectivity index (χ2n) is 5.01. The molecule has 2 amide bonds. The van der Waals surface area contributed by atoms with E-state index in [-0.39, 0.29) is 11.3 Å². The summed E-state index contributed by atoms with van der Waals surface area (Å²) in [6.07, 6.45) is 1.15. The van der Waals surface area contributed by atoms with E-state index in [2.05, 4.69) is 5.32 Å². The van der Waals surface area contributed by atoms with Gasteiger partial charge >= 0.3 is 0 Å². The van der Waals surface area contributed by atoms with Crippen LogP contribution in [0.4, 0.5) is 11.4 Å². The number of anilines is 2. The first-order valence-corrected chi connectivity index (χ1v) is 5.57. The summed E-state index contributed by atoms with van der Waals surface area (Å²) in [6.45, 7) is 4.09. The largest absolute Gasteiger partial charge is 0.329 e. The van der Waals surface area contributed by atoms with Crippen molar-refractivity contribution in [3.05, 3.63) is 23.8 Å². The lowest BCUT2D eigenvalue weighted by Crippen LogP contribution is -2.39. The Labute approximate surface area is 101 Å². The molecule has 0 atom stereocenters. The zero-order valence-electron chi connectivity index (χ0n) is 10.3. The summed E-state index contributed by atoms with van der Waals surface area (Å²) >= 11 is 0. The summed E-state index contributed by atoms with van der Waals surface area (Å²) in [5.74, 6) is 0.124. The highest BCUT2D eigenvalue weighted by Crippen LogP contribution is 2.40. The summed E-state index contributed by atoms with van der Waals surface area (Å²) in [5.41, 5.74) is 2.57. The second kappa shape index (κ2) is 3.87. The molecule has 0 spiro atoms. The molecule has 0 radical (unpaired) electrons. The van der Waals surface area contributed by atoms with Gasteiger partial charge in [0.2, 0.25) is 12.3 Å². The predicted molar refractivity (Wildman–Crippen MR) is 67.2 cm³/mol. The van der Waals surface area contributed by atoms with Crippen LogP contribution in [-0.2, 0) is 15.0 Å². The van der Waals surface area contributed by atoms with E-state index >= 15 is 0 Å². The van der Waals surface area contributed by atoms with Crippen LogP contribution in [0, 0.1) is 0 Å². The standard InChI is InChI=1S/C13H16N2O2/c1-13(2)7-12(17)15(3)11-5-4-9(14-8-16)6-10(11)13/h4-6,8H,7H2,1-3H3,(H,14,16). The Morgan fingerprint density at radius 2 is 2.12 bits per heavy atom. The molecule has 1 heterocycles. The Balaban J connectivity index is 2.54. The minimum atomic E-state index is -0.195. The van der Waals surface area contributed by atoms with Crippen molar-refractivity contribution >= 4 is 23.7 Å². The SMILES string of the molecule is CN1C(=O)CC(C)(C)c2cc(NC=O)ccc21. The van der Waals surface area contributed by atoms with Crippen molar-refractivity contribution in [2.24, 2.45) is 0 Å². The van der Waals surface area contributed by atoms with Crippen molar-refractivity contribution in [2.45, 2.75) is 25.7 Å². The molecular formula is C13H16N2O2. The third kappa shape index (κ3) is 1.90. The van der Waals surface area contributed by atoms with Crippen LogP contribution >= 0.6 is 0 Å². The predicted octanol–water partition coefficient (Wildman–Crippen LogP) is 1.90. The average Bonchev–Trinajstić information content (AvgIpc) is 2.26. The molecular weight excluding hydrogens is 216 g/mol. The minimum absolute atomic E-state index is 0.124. The zero-order valence-corrected chi connectivity index (χ0v) is 10.3. The van der Waals surface area contributed by atoms with Gasteiger partial charge < -0.3 is 10.2 Å². The van der Waals surface area contributed by atoms with Crippen molar-refractivity contribution < 1.29 is 9.59 Å². The van der Waals surface area contributed by atoms with Gasteiger partial charge in [-0.25, -0.2) is 0 Å². The Morgan fingerprint density at radius 3 is 2.76 bits per heavy atom. The van der Waals surface area contributed by atoms with E-state index < -0.39 is 0 Å². The first-order valence-electron chi connectivity index (χ1n) is 5.57. The molecule has 1 aromatic carbocycles. The van der Waals surface area contributed by atoms with Crippen LogP contribution in [0.2, 0.25) is 0 Å². The van der Waals surface area contributed by atoms with Gasteiger partial charge in [0.1, 0.15) is 0 Å². The maximum absolute atomic E-state index is 11.8. The van der Waals surface area contributed by atoms with Gasteiger partial charge in [-0.15, -0.1) is 0 Å². The van der Waals surface area contributed by atoms with Crippen LogP contribution in [0.5, 0.6) is 0 Å². The molecule has 0 unspecified atom stereocenters. The molecule has 0 aromatic heterocycles. The topological polar surface area (TPSA) is 49.4 Å². The normalized spacial score (nSPS) is 17.6. The number of nitrogens with zero attached hydrogens (tertiary/aromatic N) is 1. The van der Waals surface area contributed by atoms with Gasteiger partial charge in [0.25, 0.3) is 0 Å². The summed E-state index contributed by atoms with van der Waals surface area (Å²) in [7, 11) is 1.78. The van der Waals surface area contributed by atoms with Crippen LogP contribution in [0.15, 0.2) is 18.2 Å². The van der Waals surface area contributed by atoms with Crippen molar-refractivity contribution in [1.82, 2.24) is 0 Å². The van der Waals surface area contributed by atoms with Gasteiger partial charge in [0, 0.05) is 30.3 Å². The molecule has 4 nitrogen and oxygen atoms in total. The summed E-state index contributed by atoms with van der Waals surface area (Å²) in [4.78, 5) is 24.0. The Bertz CT molecular complexity index is 480. The van der Waals surface area contributed by atoms with E-state index in [1.54, 1.807) is 18.0 Å². The monoisotopic (exact) mass is 232 g/mol. The van der Waals surface area contributed by atoms with E-state index in [1.165, 1.54) is 0 Å². The number of hydrogen-bond acceptors (Lipinski definition) is 2. The lowest BCUT2D eigenvalue weighted by atomic mass is 9.77. The average molecular weight is 232 g/mol. The number of rotatable bonds is 2. The molecule has 2 rings (SSSR count). The number of nitrogens with one attached hydrogen (secondary N) is 1. The van der Waals surface area contributed by atoms with Crippen molar-refractivity contribution in [3.8, 4) is 0 Å². The molecule has 17 heavy (non-hydrogen) atoms. The van der Waals surface area contributed by atoms with Crippen LogP contribution in [0.25, 0.3) is 0 Å². The fraction of sp³-hybridized carbons (Fsp3) is 0.385. The molecule has 0 saturated carbocycles. The van der Waals surface area contributed by atoms with E-state index in [0.29, 0.717) is 12.8 Å². The Morgan fingerprint density at radius 1 is 1.41 bits per heavy atom. The molecule has 1 N–H and O–H groups in total. The number of carbonyl (C=O) groups is 2. The van der Waals surface area contributed by atoms with Crippen LogP contribution in [-0.4, -0.2) is 19.4 Å². The highest BCUT2D eigenvalue weighted by Gasteiger charge is 2.35. The summed E-state index contributed by atoms with van der Waals surface area (Å²) in [6, 6.07) is 5.62. The minimum Gasteiger partial charge on any atom is -0.329 e. The third-order valence-electron chi connectivity index (χ3n) is 3.28. The van der Waals surface area contributed by atoms with E-state index in [9.17, 15) is 9.59 Å². The van der Waals surface area contributed by atoms with Gasteiger partial charge in [-0.05, 0) is 23.8 Å². The van der Waals surface area contributed by atoms with E-state index in [4.69, 9.17) is 0 Å². The molecule has 0 fully saturated rings. The first-order chi connectivity index (χ1) is 7.95. The Kier molecular flexibility index (Phi) is 2.65. The van der Waals surface area contributed by atoms with E-state index in [0.717, 1.165) is 16.9 Å². The fourth-order valence-corrected chi connectivity index (χ4v) is 2.25. The quantitative estimate of drug-likeness (QED) is 0.792. The smallest absolute Gasteiger partial charge is 0.227 e. The number of benzene rings is 1. The lowest BCUT2D eigenvalue weighted by molar-refractivity contribution is -0.119. The Hall–Kier alpha value is -1.84. The van der Waals surface area contributed by atoms with E-state index in [1.807, 2.05) is 26.0 Å². The van der Waals surface area contributed by atoms with Gasteiger partial charge in [0.15, 0.2) is 0 Å². The third-order valence-corrected chi connectivity index (χ3v) is 3.28. The molecule has 0 bridgehead atoms. The molecule has 4 heteroatoms. The number of amides is 2. The number of carbonyl (C=O) groups excluding carboxylic acids is 2. The van der Waals surface area contributed by atoms with Crippen LogP contribution < -0.4 is 10.2 Å². The van der Waals surface area contributed by atoms with Gasteiger partial charge in [0.05, 0.1) is 0 Å². The summed E-state index contributed by atoms with van der Waals surface area (Å²) < 4.78 is 0. The fourth-order valence-electron chi connectivity index (χ4n) is 2.25. The second-order valence-corrected chi connectivity index (χ2v) is 5.01.